The van der Waals surface area contributed by atoms with Gasteiger partial charge >= 0.3 is 0 Å². The summed E-state index contributed by atoms with van der Waals surface area (Å²) < 4.78 is 108. The molecule has 0 aliphatic heterocycles. The Morgan fingerprint density at radius 3 is 1.11 bits per heavy atom. The van der Waals surface area contributed by atoms with Crippen molar-refractivity contribution >= 4 is 40.5 Å². The molecule has 0 N–H and O–H groups in total. The van der Waals surface area contributed by atoms with E-state index < -0.39 is 63.9 Å². The molecule has 0 aliphatic carbocycles. The van der Waals surface area contributed by atoms with Gasteiger partial charge in [-0.25, -0.2) is 0 Å². The van der Waals surface area contributed by atoms with Gasteiger partial charge in [0.05, 0.1) is 24.7 Å². The summed E-state index contributed by atoms with van der Waals surface area (Å²) in [6.07, 6.45) is 0.148. The van der Waals surface area contributed by atoms with E-state index in [-0.39, 0.29) is 32.5 Å². The molecular weight excluding hydrogens is 452 g/mol. The highest BCUT2D eigenvalue weighted by molar-refractivity contribution is 7.90. The van der Waals surface area contributed by atoms with Crippen molar-refractivity contribution in [3.8, 4) is 0 Å². The van der Waals surface area contributed by atoms with E-state index in [1.54, 1.807) is 0 Å². The predicted molar refractivity (Wildman–Crippen MR) is 94.4 cm³/mol. The van der Waals surface area contributed by atoms with Crippen LogP contribution in [0.15, 0.2) is 0 Å². The first kappa shape index (κ1) is 26.6. The van der Waals surface area contributed by atoms with Crippen molar-refractivity contribution in [3.63, 3.8) is 0 Å². The minimum absolute atomic E-state index is 0.00375. The van der Waals surface area contributed by atoms with E-state index in [9.17, 15) is 33.7 Å². The molecule has 0 atom stereocenters. The zero-order valence-electron chi connectivity index (χ0n) is 14.9. The normalized spacial score (nSPS) is 13.7. The minimum Gasteiger partial charge on any atom is -0.269 e. The molecule has 0 saturated carbocycles. The van der Waals surface area contributed by atoms with Gasteiger partial charge in [0.1, 0.15) is 0 Å². The highest BCUT2D eigenvalue weighted by atomic mass is 32.2. The van der Waals surface area contributed by atoms with Crippen LogP contribution in [0.25, 0.3) is 0 Å². The lowest BCUT2D eigenvalue weighted by Crippen LogP contribution is -2.20. The second kappa shape index (κ2) is 11.6. The third-order valence-corrected chi connectivity index (χ3v) is 7.46. The first-order valence-electron chi connectivity index (χ1n) is 7.72. The van der Waals surface area contributed by atoms with Crippen LogP contribution in [-0.2, 0) is 57.2 Å². The molecular formula is C11H24O12S4. The van der Waals surface area contributed by atoms with Gasteiger partial charge in [-0.2, -0.15) is 33.7 Å². The maximum absolute atomic E-state index is 11.6. The lowest BCUT2D eigenvalue weighted by atomic mass is 10.3. The van der Waals surface area contributed by atoms with Crippen molar-refractivity contribution in [3.05, 3.63) is 0 Å². The Morgan fingerprint density at radius 2 is 0.815 bits per heavy atom. The maximum Gasteiger partial charge on any atom is 0.293 e. The van der Waals surface area contributed by atoms with Gasteiger partial charge in [0.2, 0.25) is 0 Å². The summed E-state index contributed by atoms with van der Waals surface area (Å²) in [5, 5.41) is 0. The fourth-order valence-corrected chi connectivity index (χ4v) is 5.86. The molecule has 0 aromatic carbocycles. The summed E-state index contributed by atoms with van der Waals surface area (Å²) in [5.41, 5.74) is 0. The van der Waals surface area contributed by atoms with Crippen LogP contribution in [0.5, 0.6) is 0 Å². The average Bonchev–Trinajstić information content (AvgIpc) is 2.51. The highest BCUT2D eigenvalue weighted by Gasteiger charge is 2.20. The quantitative estimate of drug-likeness (QED) is 0.206. The van der Waals surface area contributed by atoms with Crippen LogP contribution in [0, 0.1) is 0 Å². The Hall–Kier alpha value is -0.360. The molecule has 16 heteroatoms. The molecule has 0 unspecified atom stereocenters. The summed E-state index contributed by atoms with van der Waals surface area (Å²) in [4.78, 5) is 0. The molecule has 164 valence electrons. The average molecular weight is 477 g/mol. The molecule has 0 heterocycles. The summed E-state index contributed by atoms with van der Waals surface area (Å²) in [6, 6.07) is 0. The number of hydrogen-bond acceptors (Lipinski definition) is 12. The van der Waals surface area contributed by atoms with Gasteiger partial charge < -0.3 is 0 Å². The van der Waals surface area contributed by atoms with Gasteiger partial charge in [-0.3, -0.25) is 16.7 Å². The first-order chi connectivity index (χ1) is 12.2. The van der Waals surface area contributed by atoms with Gasteiger partial charge in [0, 0.05) is 0 Å². The Bertz CT molecular complexity index is 767. The summed E-state index contributed by atoms with van der Waals surface area (Å²) >= 11 is 0. The minimum atomic E-state index is -4.12. The van der Waals surface area contributed by atoms with Crippen LogP contribution >= 0.6 is 0 Å². The van der Waals surface area contributed by atoms with E-state index in [1.165, 1.54) is 13.8 Å². The van der Waals surface area contributed by atoms with Gasteiger partial charge in [0.15, 0.2) is 11.9 Å². The van der Waals surface area contributed by atoms with Crippen molar-refractivity contribution in [2.45, 2.75) is 33.1 Å². The molecule has 27 heavy (non-hydrogen) atoms. The van der Waals surface area contributed by atoms with Crippen LogP contribution in [0.2, 0.25) is 0 Å². The third kappa shape index (κ3) is 14.3. The molecule has 0 aliphatic rings. The fraction of sp³-hybridized carbons (Fsp3) is 1.00. The van der Waals surface area contributed by atoms with Crippen molar-refractivity contribution in [1.29, 1.82) is 0 Å². The fourth-order valence-electron chi connectivity index (χ4n) is 1.54. The van der Waals surface area contributed by atoms with E-state index in [2.05, 4.69) is 16.7 Å². The van der Waals surface area contributed by atoms with E-state index >= 15 is 0 Å². The van der Waals surface area contributed by atoms with Gasteiger partial charge in [-0.15, -0.1) is 0 Å². The van der Waals surface area contributed by atoms with E-state index in [0.29, 0.717) is 0 Å². The highest BCUT2D eigenvalue weighted by Crippen LogP contribution is 2.08. The molecule has 0 aromatic heterocycles. The Labute approximate surface area is 160 Å². The van der Waals surface area contributed by atoms with E-state index in [4.69, 9.17) is 0 Å². The summed E-state index contributed by atoms with van der Waals surface area (Å²) in [7, 11) is -16.4. The largest absolute Gasteiger partial charge is 0.293 e. The molecule has 0 fully saturated rings. The lowest BCUT2D eigenvalue weighted by molar-refractivity contribution is 0.299. The van der Waals surface area contributed by atoms with Crippen molar-refractivity contribution in [2.75, 3.05) is 36.6 Å². The topological polar surface area (TPSA) is 173 Å². The standard InChI is InChI=1S/C11H24O12S4/c1-3-20-26(16,17)10-22-24(12,13)8-6-5-7-9-25(14,15)23-11-27(18,19)21-4-2/h3-11H2,1-2H3. The number of hydrogen-bond donors (Lipinski definition) is 0. The lowest BCUT2D eigenvalue weighted by Gasteiger charge is -2.07. The Kier molecular flexibility index (Phi) is 11.4. The van der Waals surface area contributed by atoms with Gasteiger partial charge in [0.25, 0.3) is 40.5 Å². The second-order valence-corrected chi connectivity index (χ2v) is 11.7. The monoisotopic (exact) mass is 476 g/mol. The second-order valence-electron chi connectivity index (χ2n) is 4.98. The van der Waals surface area contributed by atoms with E-state index in [1.807, 2.05) is 0 Å². The summed E-state index contributed by atoms with van der Waals surface area (Å²) in [6.45, 7) is 2.51. The van der Waals surface area contributed by atoms with Crippen molar-refractivity contribution in [1.82, 2.24) is 0 Å². The van der Waals surface area contributed by atoms with Crippen LogP contribution < -0.4 is 0 Å². The maximum atomic E-state index is 11.6. The van der Waals surface area contributed by atoms with Crippen LogP contribution in [0.1, 0.15) is 33.1 Å². The molecule has 12 nitrogen and oxygen atoms in total. The molecule has 0 bridgehead atoms. The van der Waals surface area contributed by atoms with Crippen LogP contribution in [0.3, 0.4) is 0 Å². The van der Waals surface area contributed by atoms with Crippen LogP contribution in [-0.4, -0.2) is 70.3 Å². The van der Waals surface area contributed by atoms with E-state index in [0.717, 1.165) is 0 Å². The van der Waals surface area contributed by atoms with Crippen molar-refractivity contribution < 1.29 is 50.4 Å². The molecule has 0 saturated heterocycles. The van der Waals surface area contributed by atoms with Crippen LogP contribution in [0.4, 0.5) is 0 Å². The molecule has 0 amide bonds. The van der Waals surface area contributed by atoms with Crippen molar-refractivity contribution in [2.24, 2.45) is 0 Å². The smallest absolute Gasteiger partial charge is 0.269 e. The summed E-state index contributed by atoms with van der Waals surface area (Å²) in [5.74, 6) is -3.32. The molecule has 0 spiro atoms. The number of unbranched alkanes of at least 4 members (excludes halogenated alkanes) is 2. The zero-order chi connectivity index (χ0) is 21.2. The van der Waals surface area contributed by atoms with Gasteiger partial charge in [-0.1, -0.05) is 6.42 Å². The van der Waals surface area contributed by atoms with Gasteiger partial charge in [-0.05, 0) is 26.7 Å². The molecule has 0 rings (SSSR count). The predicted octanol–water partition coefficient (Wildman–Crippen LogP) is -0.503. The zero-order valence-corrected chi connectivity index (χ0v) is 18.2. The Balaban J connectivity index is 4.20. The first-order valence-corrected chi connectivity index (χ1v) is 14.0. The molecule has 0 radical (unpaired) electrons. The Morgan fingerprint density at radius 1 is 0.481 bits per heavy atom. The third-order valence-electron chi connectivity index (χ3n) is 2.63. The SMILES string of the molecule is CCOS(=O)(=O)COS(=O)(=O)CCCCCS(=O)(=O)OCS(=O)(=O)OCC. The number of rotatable bonds is 16. The molecule has 0 aromatic rings.